The average molecular weight is 553 g/mol. The minimum atomic E-state index is -2.78. The van der Waals surface area contributed by atoms with Gasteiger partial charge >= 0.3 is 0 Å². The van der Waals surface area contributed by atoms with Crippen molar-refractivity contribution in [3.8, 4) is 22.9 Å². The summed E-state index contributed by atoms with van der Waals surface area (Å²) in [5.74, 6) is -1.03. The van der Waals surface area contributed by atoms with E-state index in [0.29, 0.717) is 5.82 Å². The summed E-state index contributed by atoms with van der Waals surface area (Å²) in [7, 11) is 7.58. The lowest BCUT2D eigenvalue weighted by molar-refractivity contribution is 0.0816. The molecule has 0 unspecified atom stereocenters. The molecule has 13 nitrogen and oxygen atoms in total. The second-order valence-electron chi connectivity index (χ2n) is 8.55. The quantitative estimate of drug-likeness (QED) is 0.283. The van der Waals surface area contributed by atoms with E-state index in [1.807, 2.05) is 5.32 Å². The number of hydrogen-bond donors (Lipinski definition) is 3. The first-order chi connectivity index (χ1) is 20.3. The summed E-state index contributed by atoms with van der Waals surface area (Å²) in [6, 6.07) is 8.38. The van der Waals surface area contributed by atoms with Gasteiger partial charge in [0, 0.05) is 62.2 Å². The standard InChI is InChI=1S/C26H28FN9O4/c1-28-25(37)16-13-29-22(31-21-7-8-23(39-5)33-32-21)12-17(16)30-19-10-14(27)9-15(24(19)40-6)18-11-20(36(4)34-18)26(38)35(2)3/h7-13H,1-6H3,(H,28,37)(H2,29,30,31,32)/i1D3. The van der Waals surface area contributed by atoms with Crippen molar-refractivity contribution in [3.05, 3.63) is 59.7 Å². The van der Waals surface area contributed by atoms with Gasteiger partial charge in [0.15, 0.2) is 11.6 Å². The van der Waals surface area contributed by atoms with E-state index in [9.17, 15) is 9.59 Å². The van der Waals surface area contributed by atoms with E-state index in [-0.39, 0.29) is 57.2 Å². The van der Waals surface area contributed by atoms with Crippen LogP contribution in [0.25, 0.3) is 11.3 Å². The molecule has 4 rings (SSSR count). The Balaban J connectivity index is 1.79. The predicted octanol–water partition coefficient (Wildman–Crippen LogP) is 2.98. The fourth-order valence-electron chi connectivity index (χ4n) is 3.77. The number of hydrogen-bond acceptors (Lipinski definition) is 10. The molecule has 3 N–H and O–H groups in total. The molecule has 0 saturated carbocycles. The molecule has 2 amide bonds. The van der Waals surface area contributed by atoms with E-state index in [1.54, 1.807) is 33.3 Å². The molecule has 0 aliphatic rings. The Kier molecular flexibility index (Phi) is 6.93. The van der Waals surface area contributed by atoms with Crippen LogP contribution >= 0.6 is 0 Å². The molecule has 3 aromatic heterocycles. The lowest BCUT2D eigenvalue weighted by Gasteiger charge is -2.17. The van der Waals surface area contributed by atoms with Gasteiger partial charge in [0.2, 0.25) is 5.88 Å². The number of nitrogens with zero attached hydrogens (tertiary/aromatic N) is 6. The predicted molar refractivity (Wildman–Crippen MR) is 146 cm³/mol. The summed E-state index contributed by atoms with van der Waals surface area (Å²) < 4.78 is 49.3. The van der Waals surface area contributed by atoms with Gasteiger partial charge in [-0.15, -0.1) is 10.2 Å². The molecule has 0 bridgehead atoms. The Bertz CT molecular complexity index is 1660. The summed E-state index contributed by atoms with van der Waals surface area (Å²) in [5, 5.41) is 20.0. The second kappa shape index (κ2) is 11.6. The van der Waals surface area contributed by atoms with Gasteiger partial charge in [-0.05, 0) is 18.2 Å². The summed E-state index contributed by atoms with van der Waals surface area (Å²) in [5.41, 5.74) is 0.700. The van der Waals surface area contributed by atoms with Gasteiger partial charge in [0.05, 0.1) is 36.9 Å². The van der Waals surface area contributed by atoms with Gasteiger partial charge in [-0.2, -0.15) is 5.10 Å². The number of anilines is 4. The van der Waals surface area contributed by atoms with Gasteiger partial charge in [-0.25, -0.2) is 9.37 Å². The molecule has 0 aliphatic heterocycles. The number of benzene rings is 1. The number of aryl methyl sites for hydroxylation is 1. The highest BCUT2D eigenvalue weighted by Gasteiger charge is 2.22. The molecular formula is C26H28FN9O4. The van der Waals surface area contributed by atoms with Crippen molar-refractivity contribution >= 4 is 34.8 Å². The summed E-state index contributed by atoms with van der Waals surface area (Å²) in [6.45, 7) is -2.78. The SMILES string of the molecule is [2H]C([2H])([2H])NC(=O)c1cnc(Nc2ccc(OC)nn2)cc1Nc1cc(F)cc(-c2cc(C(=O)N(C)C)n(C)n2)c1OC. The lowest BCUT2D eigenvalue weighted by Crippen LogP contribution is -2.24. The molecule has 40 heavy (non-hydrogen) atoms. The van der Waals surface area contributed by atoms with Crippen molar-refractivity contribution < 1.29 is 27.6 Å². The maximum atomic E-state index is 15.0. The number of pyridine rings is 1. The van der Waals surface area contributed by atoms with Crippen molar-refractivity contribution in [2.24, 2.45) is 7.05 Å². The summed E-state index contributed by atoms with van der Waals surface area (Å²) in [4.78, 5) is 31.1. The van der Waals surface area contributed by atoms with Crippen molar-refractivity contribution in [2.75, 3.05) is 45.9 Å². The van der Waals surface area contributed by atoms with Crippen LogP contribution in [0.4, 0.5) is 27.4 Å². The lowest BCUT2D eigenvalue weighted by atomic mass is 10.1. The molecule has 3 heterocycles. The Morgan fingerprint density at radius 1 is 1.02 bits per heavy atom. The smallest absolute Gasteiger partial charge is 0.271 e. The van der Waals surface area contributed by atoms with Crippen LogP contribution < -0.4 is 25.4 Å². The molecule has 0 spiro atoms. The van der Waals surface area contributed by atoms with Crippen LogP contribution in [0.3, 0.4) is 0 Å². The Hall–Kier alpha value is -5.27. The van der Waals surface area contributed by atoms with Crippen molar-refractivity contribution in [1.82, 2.24) is 35.2 Å². The molecule has 14 heteroatoms. The highest BCUT2D eigenvalue weighted by Crippen LogP contribution is 2.39. The van der Waals surface area contributed by atoms with E-state index in [2.05, 4.69) is 30.9 Å². The molecule has 4 aromatic rings. The minimum absolute atomic E-state index is 0.0556. The number of methoxy groups -OCH3 is 2. The van der Waals surface area contributed by atoms with Crippen LogP contribution in [0.15, 0.2) is 42.6 Å². The molecule has 0 saturated heterocycles. The molecule has 0 atom stereocenters. The monoisotopic (exact) mass is 552 g/mol. The van der Waals surface area contributed by atoms with E-state index in [4.69, 9.17) is 13.6 Å². The van der Waals surface area contributed by atoms with Crippen molar-refractivity contribution in [2.45, 2.75) is 0 Å². The number of rotatable bonds is 9. The third-order valence-electron chi connectivity index (χ3n) is 5.68. The maximum Gasteiger partial charge on any atom is 0.271 e. The van der Waals surface area contributed by atoms with Gasteiger partial charge in [0.1, 0.15) is 17.3 Å². The van der Waals surface area contributed by atoms with Crippen LogP contribution in [-0.2, 0) is 7.05 Å². The number of ether oxygens (including phenoxy) is 2. The number of halogens is 1. The van der Waals surface area contributed by atoms with Crippen LogP contribution in [-0.4, -0.2) is 77.0 Å². The van der Waals surface area contributed by atoms with Gasteiger partial charge in [-0.3, -0.25) is 14.3 Å². The maximum absolute atomic E-state index is 15.0. The number of amides is 2. The first kappa shape index (κ1) is 23.8. The van der Waals surface area contributed by atoms with Crippen LogP contribution in [0.5, 0.6) is 11.6 Å². The van der Waals surface area contributed by atoms with Crippen molar-refractivity contribution in [3.63, 3.8) is 0 Å². The zero-order chi connectivity index (χ0) is 31.5. The third kappa shape index (κ3) is 5.75. The Labute approximate surface area is 233 Å². The number of aromatic nitrogens is 5. The van der Waals surface area contributed by atoms with E-state index in [1.165, 1.54) is 42.0 Å². The number of nitrogens with one attached hydrogen (secondary N) is 3. The summed E-state index contributed by atoms with van der Waals surface area (Å²) >= 11 is 0. The van der Waals surface area contributed by atoms with Crippen LogP contribution in [0.2, 0.25) is 0 Å². The zero-order valence-corrected chi connectivity index (χ0v) is 22.2. The summed E-state index contributed by atoms with van der Waals surface area (Å²) in [6.07, 6.45) is 1.15. The highest BCUT2D eigenvalue weighted by molar-refractivity contribution is 6.01. The highest BCUT2D eigenvalue weighted by atomic mass is 19.1. The normalized spacial score (nSPS) is 12.0. The fraction of sp³-hybridized carbons (Fsp3) is 0.231. The molecule has 0 fully saturated rings. The Morgan fingerprint density at radius 2 is 1.82 bits per heavy atom. The molecule has 208 valence electrons. The number of carbonyl (C=O) groups is 2. The van der Waals surface area contributed by atoms with Crippen LogP contribution in [0.1, 0.15) is 25.0 Å². The van der Waals surface area contributed by atoms with E-state index in [0.717, 1.165) is 12.3 Å². The van der Waals surface area contributed by atoms with E-state index >= 15 is 4.39 Å². The van der Waals surface area contributed by atoms with E-state index < -0.39 is 18.7 Å². The largest absolute Gasteiger partial charge is 0.494 e. The van der Waals surface area contributed by atoms with Gasteiger partial charge in [0.25, 0.3) is 11.8 Å². The fourth-order valence-corrected chi connectivity index (χ4v) is 3.77. The van der Waals surface area contributed by atoms with Crippen LogP contribution in [0, 0.1) is 5.82 Å². The zero-order valence-electron chi connectivity index (χ0n) is 25.2. The minimum Gasteiger partial charge on any atom is -0.494 e. The molecular weight excluding hydrogens is 521 g/mol. The third-order valence-corrected chi connectivity index (χ3v) is 5.68. The average Bonchev–Trinajstić information content (AvgIpc) is 3.33. The Morgan fingerprint density at radius 3 is 2.48 bits per heavy atom. The first-order valence-corrected chi connectivity index (χ1v) is 11.7. The number of carbonyl (C=O) groups excluding carboxylic acids is 2. The molecule has 0 radical (unpaired) electrons. The van der Waals surface area contributed by atoms with Crippen molar-refractivity contribution in [1.29, 1.82) is 0 Å². The molecule has 1 aromatic carbocycles. The topological polar surface area (TPSA) is 148 Å². The second-order valence-corrected chi connectivity index (χ2v) is 8.55. The van der Waals surface area contributed by atoms with Gasteiger partial charge in [-0.1, -0.05) is 0 Å². The first-order valence-electron chi connectivity index (χ1n) is 13.2. The van der Waals surface area contributed by atoms with Gasteiger partial charge < -0.3 is 30.3 Å². The molecule has 0 aliphatic carbocycles.